The molecule has 0 aliphatic heterocycles. The first kappa shape index (κ1) is 10.2. The molecule has 5 heteroatoms. The zero-order valence-corrected chi connectivity index (χ0v) is 8.53. The van der Waals surface area contributed by atoms with Crippen LogP contribution in [-0.4, -0.2) is 22.6 Å². The van der Waals surface area contributed by atoms with Gasteiger partial charge in [0.2, 0.25) is 0 Å². The molecule has 0 amide bonds. The standard InChI is InChI=1S/C10H15N3O2/c14-9-3-5-13(10(15)12-9)6-4-11-7-8-1-2-8/h3,5,8,11H,1-2,4,6-7H2,(H,12,14,15). The fraction of sp³-hybridized carbons (Fsp3) is 0.600. The van der Waals surface area contributed by atoms with E-state index in [9.17, 15) is 9.59 Å². The van der Waals surface area contributed by atoms with E-state index in [1.807, 2.05) is 0 Å². The predicted octanol–water partition coefficient (Wildman–Crippen LogP) is -0.464. The molecule has 2 N–H and O–H groups in total. The molecule has 1 aliphatic rings. The molecule has 0 aromatic carbocycles. The van der Waals surface area contributed by atoms with E-state index in [2.05, 4.69) is 10.3 Å². The van der Waals surface area contributed by atoms with Crippen molar-refractivity contribution in [1.82, 2.24) is 14.9 Å². The molecule has 0 bridgehead atoms. The van der Waals surface area contributed by atoms with E-state index in [1.54, 1.807) is 0 Å². The summed E-state index contributed by atoms with van der Waals surface area (Å²) in [6.07, 6.45) is 4.18. The zero-order chi connectivity index (χ0) is 10.7. The number of aromatic amines is 1. The Kier molecular flexibility index (Phi) is 3.01. The van der Waals surface area contributed by atoms with Crippen LogP contribution in [0.4, 0.5) is 0 Å². The maximum absolute atomic E-state index is 11.3. The van der Waals surface area contributed by atoms with Crippen LogP contribution in [0, 0.1) is 5.92 Å². The summed E-state index contributed by atoms with van der Waals surface area (Å²) in [5.41, 5.74) is -0.682. The quantitative estimate of drug-likeness (QED) is 0.645. The van der Waals surface area contributed by atoms with Gasteiger partial charge in [-0.15, -0.1) is 0 Å². The van der Waals surface area contributed by atoms with Crippen LogP contribution in [0.25, 0.3) is 0 Å². The minimum Gasteiger partial charge on any atom is -0.315 e. The molecule has 5 nitrogen and oxygen atoms in total. The van der Waals surface area contributed by atoms with Crippen LogP contribution in [0.5, 0.6) is 0 Å². The third kappa shape index (κ3) is 3.06. The Balaban J connectivity index is 1.81. The van der Waals surface area contributed by atoms with Crippen molar-refractivity contribution in [1.29, 1.82) is 0 Å². The molecule has 15 heavy (non-hydrogen) atoms. The van der Waals surface area contributed by atoms with Crippen molar-refractivity contribution in [3.8, 4) is 0 Å². The fourth-order valence-corrected chi connectivity index (χ4v) is 1.45. The van der Waals surface area contributed by atoms with Crippen LogP contribution in [0.2, 0.25) is 0 Å². The summed E-state index contributed by atoms with van der Waals surface area (Å²) in [5, 5.41) is 3.29. The Labute approximate surface area is 87.1 Å². The molecule has 1 aromatic rings. The molecule has 0 atom stereocenters. The van der Waals surface area contributed by atoms with Crippen molar-refractivity contribution in [3.05, 3.63) is 33.1 Å². The first-order valence-corrected chi connectivity index (χ1v) is 5.26. The van der Waals surface area contributed by atoms with Gasteiger partial charge in [-0.1, -0.05) is 0 Å². The lowest BCUT2D eigenvalue weighted by molar-refractivity contribution is 0.558. The van der Waals surface area contributed by atoms with Crippen molar-refractivity contribution in [2.45, 2.75) is 19.4 Å². The third-order valence-electron chi connectivity index (χ3n) is 2.56. The number of hydrogen-bond acceptors (Lipinski definition) is 3. The van der Waals surface area contributed by atoms with E-state index in [0.717, 1.165) is 19.0 Å². The largest absolute Gasteiger partial charge is 0.328 e. The second kappa shape index (κ2) is 4.44. The summed E-state index contributed by atoms with van der Waals surface area (Å²) in [5.74, 6) is 0.845. The van der Waals surface area contributed by atoms with Crippen LogP contribution in [-0.2, 0) is 6.54 Å². The van der Waals surface area contributed by atoms with Gasteiger partial charge in [-0.05, 0) is 25.3 Å². The summed E-state index contributed by atoms with van der Waals surface area (Å²) in [7, 11) is 0. The zero-order valence-electron chi connectivity index (χ0n) is 8.53. The second-order valence-electron chi connectivity index (χ2n) is 3.95. The Morgan fingerprint density at radius 1 is 1.47 bits per heavy atom. The summed E-state index contributed by atoms with van der Waals surface area (Å²) in [4.78, 5) is 24.3. The van der Waals surface area contributed by atoms with Crippen LogP contribution < -0.4 is 16.6 Å². The van der Waals surface area contributed by atoms with E-state index < -0.39 is 0 Å². The highest BCUT2D eigenvalue weighted by Gasteiger charge is 2.19. The minimum atomic E-state index is -0.345. The molecule has 0 unspecified atom stereocenters. The van der Waals surface area contributed by atoms with E-state index in [0.29, 0.717) is 6.54 Å². The number of hydrogen-bond donors (Lipinski definition) is 2. The van der Waals surface area contributed by atoms with Gasteiger partial charge >= 0.3 is 5.69 Å². The monoisotopic (exact) mass is 209 g/mol. The number of H-pyrrole nitrogens is 1. The lowest BCUT2D eigenvalue weighted by atomic mass is 10.4. The van der Waals surface area contributed by atoms with Gasteiger partial charge in [-0.2, -0.15) is 0 Å². The van der Waals surface area contributed by atoms with Gasteiger partial charge in [0, 0.05) is 25.4 Å². The lowest BCUT2D eigenvalue weighted by Gasteiger charge is -2.05. The molecule has 1 heterocycles. The molecule has 1 saturated carbocycles. The van der Waals surface area contributed by atoms with Gasteiger partial charge in [0.1, 0.15) is 0 Å². The molecule has 0 radical (unpaired) electrons. The number of nitrogens with one attached hydrogen (secondary N) is 2. The van der Waals surface area contributed by atoms with Gasteiger partial charge in [0.05, 0.1) is 0 Å². The molecule has 2 rings (SSSR count). The lowest BCUT2D eigenvalue weighted by Crippen LogP contribution is -2.32. The SMILES string of the molecule is O=c1ccn(CCNCC2CC2)c(=O)[nH]1. The van der Waals surface area contributed by atoms with Crippen molar-refractivity contribution in [2.75, 3.05) is 13.1 Å². The smallest absolute Gasteiger partial charge is 0.315 e. The second-order valence-corrected chi connectivity index (χ2v) is 3.95. The van der Waals surface area contributed by atoms with E-state index in [-0.39, 0.29) is 11.2 Å². The summed E-state index contributed by atoms with van der Waals surface area (Å²) in [6, 6.07) is 1.36. The molecule has 82 valence electrons. The van der Waals surface area contributed by atoms with Gasteiger partial charge in [-0.25, -0.2) is 4.79 Å². The van der Waals surface area contributed by atoms with Gasteiger partial charge in [0.15, 0.2) is 0 Å². The van der Waals surface area contributed by atoms with Crippen LogP contribution in [0.1, 0.15) is 12.8 Å². The molecule has 0 saturated heterocycles. The Morgan fingerprint density at radius 3 is 2.93 bits per heavy atom. The highest BCUT2D eigenvalue weighted by Crippen LogP contribution is 2.27. The number of aromatic nitrogens is 2. The van der Waals surface area contributed by atoms with Gasteiger partial charge in [-0.3, -0.25) is 14.3 Å². The molecular formula is C10H15N3O2. The third-order valence-corrected chi connectivity index (χ3v) is 2.56. The average molecular weight is 209 g/mol. The molecule has 1 aliphatic carbocycles. The van der Waals surface area contributed by atoms with Crippen molar-refractivity contribution < 1.29 is 0 Å². The highest BCUT2D eigenvalue weighted by molar-refractivity contribution is 4.82. The first-order valence-electron chi connectivity index (χ1n) is 5.26. The highest BCUT2D eigenvalue weighted by atomic mass is 16.2. The number of nitrogens with zero attached hydrogens (tertiary/aromatic N) is 1. The minimum absolute atomic E-state index is 0.337. The Hall–Kier alpha value is -1.36. The van der Waals surface area contributed by atoms with Crippen molar-refractivity contribution >= 4 is 0 Å². The van der Waals surface area contributed by atoms with Gasteiger partial charge in [0.25, 0.3) is 5.56 Å². The topological polar surface area (TPSA) is 66.9 Å². The number of rotatable bonds is 5. The summed E-state index contributed by atoms with van der Waals surface area (Å²) < 4.78 is 1.50. The molecule has 1 fully saturated rings. The Bertz CT molecular complexity index is 431. The Morgan fingerprint density at radius 2 is 2.27 bits per heavy atom. The van der Waals surface area contributed by atoms with Crippen molar-refractivity contribution in [3.63, 3.8) is 0 Å². The fourth-order valence-electron chi connectivity index (χ4n) is 1.45. The average Bonchev–Trinajstić information content (AvgIpc) is 2.99. The molecule has 1 aromatic heterocycles. The molecular weight excluding hydrogens is 194 g/mol. The van der Waals surface area contributed by atoms with Crippen LogP contribution >= 0.6 is 0 Å². The van der Waals surface area contributed by atoms with E-state index in [1.165, 1.54) is 29.7 Å². The summed E-state index contributed by atoms with van der Waals surface area (Å²) >= 11 is 0. The van der Waals surface area contributed by atoms with Crippen LogP contribution in [0.15, 0.2) is 21.9 Å². The van der Waals surface area contributed by atoms with E-state index >= 15 is 0 Å². The van der Waals surface area contributed by atoms with Crippen molar-refractivity contribution in [2.24, 2.45) is 5.92 Å². The van der Waals surface area contributed by atoms with Gasteiger partial charge < -0.3 is 5.32 Å². The maximum Gasteiger partial charge on any atom is 0.328 e. The summed E-state index contributed by atoms with van der Waals surface area (Å²) in [6.45, 7) is 2.41. The van der Waals surface area contributed by atoms with E-state index in [4.69, 9.17) is 0 Å². The predicted molar refractivity (Wildman–Crippen MR) is 56.9 cm³/mol. The first-order chi connectivity index (χ1) is 7.25. The normalized spacial score (nSPS) is 15.5. The molecule has 0 spiro atoms. The maximum atomic E-state index is 11.3. The van der Waals surface area contributed by atoms with Crippen LogP contribution in [0.3, 0.4) is 0 Å².